The van der Waals surface area contributed by atoms with E-state index in [-0.39, 0.29) is 17.8 Å². The molecule has 1 heterocycles. The highest BCUT2D eigenvalue weighted by molar-refractivity contribution is 6.40. The fourth-order valence-corrected chi connectivity index (χ4v) is 3.36. The maximum atomic E-state index is 13.0. The van der Waals surface area contributed by atoms with E-state index in [2.05, 4.69) is 15.0 Å². The summed E-state index contributed by atoms with van der Waals surface area (Å²) in [7, 11) is 3.94. The maximum absolute atomic E-state index is 13.0. The Labute approximate surface area is 202 Å². The van der Waals surface area contributed by atoms with Gasteiger partial charge in [-0.05, 0) is 60.5 Å². The van der Waals surface area contributed by atoms with E-state index in [9.17, 15) is 19.2 Å². The summed E-state index contributed by atoms with van der Waals surface area (Å²) in [5.41, 5.74) is 2.30. The van der Waals surface area contributed by atoms with Crippen LogP contribution in [-0.2, 0) is 20.7 Å². The quantitative estimate of drug-likeness (QED) is 0.265. The number of carbonyl (C=O) groups excluding carboxylic acids is 4. The van der Waals surface area contributed by atoms with Crippen LogP contribution in [0.2, 0.25) is 0 Å². The summed E-state index contributed by atoms with van der Waals surface area (Å²) in [6.45, 7) is 0. The molecule has 0 saturated carbocycles. The number of nitrogens with one attached hydrogen (secondary N) is 1. The Hall–Kier alpha value is -4.53. The first kappa shape index (κ1) is 25.1. The van der Waals surface area contributed by atoms with Crippen molar-refractivity contribution in [2.24, 2.45) is 0 Å². The molecule has 0 aliphatic heterocycles. The average Bonchev–Trinajstić information content (AvgIpc) is 2.90. The molecule has 2 aromatic carbocycles. The molecule has 1 aromatic heterocycles. The van der Waals surface area contributed by atoms with E-state index in [0.29, 0.717) is 34.8 Å². The molecule has 1 N–H and O–H groups in total. The van der Waals surface area contributed by atoms with Crippen molar-refractivity contribution in [1.29, 1.82) is 0 Å². The molecule has 9 heteroatoms. The second-order valence-corrected chi connectivity index (χ2v) is 7.36. The zero-order valence-corrected chi connectivity index (χ0v) is 19.5. The highest BCUT2D eigenvalue weighted by Crippen LogP contribution is 2.25. The Kier molecular flexibility index (Phi) is 8.29. The maximum Gasteiger partial charge on any atom is 0.379 e. The highest BCUT2D eigenvalue weighted by Gasteiger charge is 2.18. The van der Waals surface area contributed by atoms with Crippen LogP contribution in [0, 0.1) is 0 Å². The van der Waals surface area contributed by atoms with Gasteiger partial charge in [-0.1, -0.05) is 6.07 Å². The van der Waals surface area contributed by atoms with Crippen LogP contribution in [0.15, 0.2) is 60.8 Å². The lowest BCUT2D eigenvalue weighted by atomic mass is 10.0. The lowest BCUT2D eigenvalue weighted by Gasteiger charge is -2.12. The second-order valence-electron chi connectivity index (χ2n) is 7.36. The lowest BCUT2D eigenvalue weighted by molar-refractivity contribution is -0.135. The van der Waals surface area contributed by atoms with E-state index in [0.717, 1.165) is 12.7 Å². The van der Waals surface area contributed by atoms with Gasteiger partial charge < -0.3 is 19.5 Å². The number of methoxy groups -OCH3 is 3. The number of ether oxygens (including phenoxy) is 3. The molecule has 0 fully saturated rings. The van der Waals surface area contributed by atoms with Gasteiger partial charge in [-0.15, -0.1) is 0 Å². The monoisotopic (exact) mass is 476 g/mol. The molecule has 0 saturated heterocycles. The zero-order valence-electron chi connectivity index (χ0n) is 19.5. The molecular weight excluding hydrogens is 452 g/mol. The van der Waals surface area contributed by atoms with Gasteiger partial charge in [0.05, 0.1) is 32.5 Å². The SMILES string of the molecule is COC(=O)C(=O)c1ccc(Nc2ncccc2C(=O)CCc2ccc(C(=O)OC)cc2OC)cc1. The molecule has 0 spiro atoms. The molecule has 0 bridgehead atoms. The highest BCUT2D eigenvalue weighted by atomic mass is 16.5. The number of rotatable bonds is 10. The largest absolute Gasteiger partial charge is 0.496 e. The van der Waals surface area contributed by atoms with Gasteiger partial charge in [-0.2, -0.15) is 0 Å². The number of aromatic nitrogens is 1. The van der Waals surface area contributed by atoms with Gasteiger partial charge in [0.15, 0.2) is 5.78 Å². The van der Waals surface area contributed by atoms with E-state index in [4.69, 9.17) is 9.47 Å². The minimum atomic E-state index is -0.945. The van der Waals surface area contributed by atoms with Crippen molar-refractivity contribution in [3.05, 3.63) is 83.0 Å². The summed E-state index contributed by atoms with van der Waals surface area (Å²) in [6, 6.07) is 14.5. The summed E-state index contributed by atoms with van der Waals surface area (Å²) < 4.78 is 14.5. The van der Waals surface area contributed by atoms with Crippen molar-refractivity contribution in [1.82, 2.24) is 4.98 Å². The van der Waals surface area contributed by atoms with Crippen molar-refractivity contribution in [3.63, 3.8) is 0 Å². The van der Waals surface area contributed by atoms with Gasteiger partial charge in [-0.3, -0.25) is 9.59 Å². The van der Waals surface area contributed by atoms with E-state index in [1.54, 1.807) is 48.7 Å². The van der Waals surface area contributed by atoms with Crippen LogP contribution < -0.4 is 10.1 Å². The number of carbonyl (C=O) groups is 4. The van der Waals surface area contributed by atoms with Gasteiger partial charge in [0.2, 0.25) is 0 Å². The standard InChI is InChI=1S/C26H24N2O7/c1-33-22-15-18(25(31)34-2)7-6-16(22)10-13-21(29)20-5-4-14-27-24(20)28-19-11-8-17(9-12-19)23(30)26(32)35-3/h4-9,11-12,14-15H,10,13H2,1-3H3,(H,27,28). The van der Waals surface area contributed by atoms with Crippen molar-refractivity contribution < 1.29 is 33.4 Å². The van der Waals surface area contributed by atoms with Gasteiger partial charge in [-0.25, -0.2) is 14.6 Å². The Morgan fingerprint density at radius 3 is 2.26 bits per heavy atom. The van der Waals surface area contributed by atoms with Crippen molar-refractivity contribution in [2.45, 2.75) is 12.8 Å². The molecular formula is C26H24N2O7. The Morgan fingerprint density at radius 1 is 0.886 bits per heavy atom. The Morgan fingerprint density at radius 2 is 1.60 bits per heavy atom. The van der Waals surface area contributed by atoms with Crippen LogP contribution in [0.3, 0.4) is 0 Å². The van der Waals surface area contributed by atoms with Crippen LogP contribution in [0.5, 0.6) is 5.75 Å². The van der Waals surface area contributed by atoms with Gasteiger partial charge in [0, 0.05) is 23.9 Å². The van der Waals surface area contributed by atoms with Crippen LogP contribution in [0.4, 0.5) is 11.5 Å². The zero-order chi connectivity index (χ0) is 25.4. The number of hydrogen-bond acceptors (Lipinski definition) is 9. The van der Waals surface area contributed by atoms with E-state index in [1.807, 2.05) is 0 Å². The first-order valence-electron chi connectivity index (χ1n) is 10.6. The Bertz CT molecular complexity index is 1250. The van der Waals surface area contributed by atoms with E-state index in [1.165, 1.54) is 26.4 Å². The predicted molar refractivity (Wildman–Crippen MR) is 127 cm³/mol. The molecule has 0 amide bonds. The lowest BCUT2D eigenvalue weighted by Crippen LogP contribution is -2.15. The average molecular weight is 476 g/mol. The third-order valence-electron chi connectivity index (χ3n) is 5.22. The fraction of sp³-hybridized carbons (Fsp3) is 0.192. The summed E-state index contributed by atoms with van der Waals surface area (Å²) in [4.78, 5) is 52.3. The number of esters is 2. The molecule has 9 nitrogen and oxygen atoms in total. The number of hydrogen-bond donors (Lipinski definition) is 1. The number of benzene rings is 2. The van der Waals surface area contributed by atoms with Crippen LogP contribution in [0.25, 0.3) is 0 Å². The third-order valence-corrected chi connectivity index (χ3v) is 5.22. The van der Waals surface area contributed by atoms with Crippen LogP contribution in [0.1, 0.15) is 43.1 Å². The molecule has 35 heavy (non-hydrogen) atoms. The molecule has 0 aliphatic carbocycles. The van der Waals surface area contributed by atoms with Gasteiger partial charge in [0.1, 0.15) is 11.6 Å². The van der Waals surface area contributed by atoms with Gasteiger partial charge >= 0.3 is 11.9 Å². The number of pyridine rings is 1. The number of ketones is 2. The smallest absolute Gasteiger partial charge is 0.379 e. The number of anilines is 2. The molecule has 0 atom stereocenters. The fourth-order valence-electron chi connectivity index (χ4n) is 3.36. The number of aryl methyl sites for hydroxylation is 1. The van der Waals surface area contributed by atoms with Crippen molar-refractivity contribution in [2.75, 3.05) is 26.6 Å². The topological polar surface area (TPSA) is 121 Å². The summed E-state index contributed by atoms with van der Waals surface area (Å²) in [5.74, 6) is -1.45. The Balaban J connectivity index is 1.72. The first-order chi connectivity index (χ1) is 16.9. The second kappa shape index (κ2) is 11.6. The van der Waals surface area contributed by atoms with Crippen molar-refractivity contribution in [3.8, 4) is 5.75 Å². The molecule has 3 rings (SSSR count). The molecule has 0 aliphatic rings. The molecule has 180 valence electrons. The van der Waals surface area contributed by atoms with E-state index >= 15 is 0 Å². The van der Waals surface area contributed by atoms with Crippen molar-refractivity contribution >= 4 is 35.0 Å². The van der Waals surface area contributed by atoms with Gasteiger partial charge in [0.25, 0.3) is 5.78 Å². The molecule has 3 aromatic rings. The summed E-state index contributed by atoms with van der Waals surface area (Å²) in [5, 5.41) is 3.07. The minimum absolute atomic E-state index is 0.141. The third kappa shape index (κ3) is 6.08. The first-order valence-corrected chi connectivity index (χ1v) is 10.6. The normalized spacial score (nSPS) is 10.3. The molecule has 0 unspecified atom stereocenters. The van der Waals surface area contributed by atoms with E-state index < -0.39 is 17.7 Å². The summed E-state index contributed by atoms with van der Waals surface area (Å²) in [6.07, 6.45) is 2.13. The van der Waals surface area contributed by atoms with Crippen LogP contribution >= 0.6 is 0 Å². The summed E-state index contributed by atoms with van der Waals surface area (Å²) >= 11 is 0. The molecule has 0 radical (unpaired) electrons. The number of Topliss-reactive ketones (excluding diaryl/α,β-unsaturated/α-hetero) is 2. The van der Waals surface area contributed by atoms with Crippen LogP contribution in [-0.4, -0.2) is 49.8 Å². The predicted octanol–water partition coefficient (Wildman–Crippen LogP) is 3.79. The minimum Gasteiger partial charge on any atom is -0.496 e. The number of nitrogens with zero attached hydrogens (tertiary/aromatic N) is 1.